The predicted octanol–water partition coefficient (Wildman–Crippen LogP) is 8.99. The van der Waals surface area contributed by atoms with Crippen molar-refractivity contribution in [3.63, 3.8) is 0 Å². The van der Waals surface area contributed by atoms with E-state index in [1.54, 1.807) is 0 Å². The van der Waals surface area contributed by atoms with Crippen molar-refractivity contribution in [3.05, 3.63) is 131 Å². The quantitative estimate of drug-likeness (QED) is 0.110. The van der Waals surface area contributed by atoms with Gasteiger partial charge in [0.25, 0.3) is 0 Å². The van der Waals surface area contributed by atoms with Gasteiger partial charge in [-0.1, -0.05) is 68.1 Å². The first kappa shape index (κ1) is 54.9. The molecule has 23 heteroatoms. The van der Waals surface area contributed by atoms with E-state index in [1.807, 2.05) is 60.7 Å². The molecule has 0 spiro atoms. The van der Waals surface area contributed by atoms with Gasteiger partial charge in [0, 0.05) is 18.0 Å². The van der Waals surface area contributed by atoms with Gasteiger partial charge in [-0.3, -0.25) is 9.59 Å². The van der Waals surface area contributed by atoms with Crippen molar-refractivity contribution < 1.29 is 76.9 Å². The number of carboxylic acids is 1. The molecule has 2 atom stereocenters. The van der Waals surface area contributed by atoms with Gasteiger partial charge in [0.15, 0.2) is 0 Å². The Morgan fingerprint density at radius 3 is 1.39 bits per heavy atom. The fraction of sp³-hybridized carbons (Fsp3) is 0.404. The van der Waals surface area contributed by atoms with Gasteiger partial charge in [-0.2, -0.15) is 26.3 Å². The normalized spacial score (nSPS) is 22.6. The largest absolute Gasteiger partial charge is 0.481 e. The first-order valence-electron chi connectivity index (χ1n) is 21.7. The van der Waals surface area contributed by atoms with Crippen LogP contribution in [0.25, 0.3) is 0 Å². The SMILES string of the molecule is C.O=C(O)C1CCC(NS(=O)(=O)c2ccc(C(F)(F)F)cc2)CC1.O=C1N[C@@H](c2ccccc2)CO1.O=C1OC[C@H](c2ccccc2)N1C(=O)C1CCC(NS(=O)(=O)c2ccc(C(F)(F)F)cc2)CC1. The summed E-state index contributed by atoms with van der Waals surface area (Å²) in [5.41, 5.74) is 0.0289. The molecule has 3 amide bonds. The second-order valence-electron chi connectivity index (χ2n) is 16.6. The fourth-order valence-corrected chi connectivity index (χ4v) is 10.8. The second kappa shape index (κ2) is 23.3. The average Bonchev–Trinajstić information content (AvgIpc) is 3.94. The van der Waals surface area contributed by atoms with Crippen LogP contribution in [0.15, 0.2) is 119 Å². The Kier molecular flexibility index (Phi) is 18.2. The number of ether oxygens (including phenoxy) is 2. The summed E-state index contributed by atoms with van der Waals surface area (Å²) in [5, 5.41) is 11.6. The Labute approximate surface area is 401 Å². The van der Waals surface area contributed by atoms with Crippen molar-refractivity contribution in [3.8, 4) is 0 Å². The zero-order chi connectivity index (χ0) is 50.1. The molecule has 2 heterocycles. The van der Waals surface area contributed by atoms with Crippen LogP contribution >= 0.6 is 0 Å². The highest BCUT2D eigenvalue weighted by Crippen LogP contribution is 2.35. The number of sulfonamides is 2. The Morgan fingerprint density at radius 1 is 0.586 bits per heavy atom. The van der Waals surface area contributed by atoms with Gasteiger partial charge in [0.05, 0.1) is 32.9 Å². The molecule has 8 rings (SSSR count). The van der Waals surface area contributed by atoms with Gasteiger partial charge in [0.1, 0.15) is 19.3 Å². The number of aliphatic carboxylic acids is 1. The number of imide groups is 1. The number of alkyl carbamates (subject to hydrolysis) is 1. The second-order valence-corrected chi connectivity index (χ2v) is 20.1. The number of benzene rings is 4. The molecule has 4 aromatic rings. The molecular weight excluding hydrogens is 975 g/mol. The number of nitrogens with zero attached hydrogens (tertiary/aromatic N) is 1. The number of carboxylic acid groups (broad SMARTS) is 1. The number of halogens is 6. The Bertz CT molecular complexity index is 2630. The van der Waals surface area contributed by atoms with Crippen molar-refractivity contribution in [2.24, 2.45) is 11.8 Å². The van der Waals surface area contributed by atoms with E-state index in [-0.39, 0.29) is 41.9 Å². The number of amides is 3. The van der Waals surface area contributed by atoms with Crippen LogP contribution in [0.4, 0.5) is 35.9 Å². The van der Waals surface area contributed by atoms with Crippen LogP contribution in [0.1, 0.15) is 93.1 Å². The van der Waals surface area contributed by atoms with E-state index in [4.69, 9.17) is 14.6 Å². The first-order valence-corrected chi connectivity index (χ1v) is 24.6. The Balaban J connectivity index is 0.000000217. The van der Waals surface area contributed by atoms with Gasteiger partial charge in [-0.05, 0) is 111 Å². The maximum absolute atomic E-state index is 13.1. The zero-order valence-electron chi connectivity index (χ0n) is 36.5. The van der Waals surface area contributed by atoms with E-state index in [1.165, 1.54) is 0 Å². The lowest BCUT2D eigenvalue weighted by atomic mass is 9.85. The van der Waals surface area contributed by atoms with Crippen LogP contribution in [-0.4, -0.2) is 76.2 Å². The summed E-state index contributed by atoms with van der Waals surface area (Å²) in [6.45, 7) is 0.514. The molecule has 2 aliphatic carbocycles. The van der Waals surface area contributed by atoms with Gasteiger partial charge in [0.2, 0.25) is 26.0 Å². The van der Waals surface area contributed by atoms with E-state index >= 15 is 0 Å². The lowest BCUT2D eigenvalue weighted by Gasteiger charge is -2.31. The molecule has 0 bridgehead atoms. The molecule has 0 radical (unpaired) electrons. The Morgan fingerprint density at radius 2 is 1.00 bits per heavy atom. The summed E-state index contributed by atoms with van der Waals surface area (Å²) in [6, 6.07) is 24.1. The van der Waals surface area contributed by atoms with Crippen molar-refractivity contribution >= 4 is 44.1 Å². The summed E-state index contributed by atoms with van der Waals surface area (Å²) in [7, 11) is -7.94. The van der Waals surface area contributed by atoms with Crippen LogP contribution in [-0.2, 0) is 51.5 Å². The first-order chi connectivity index (χ1) is 32.5. The molecule has 15 nitrogen and oxygen atoms in total. The molecule has 2 aliphatic heterocycles. The number of alkyl halides is 6. The highest BCUT2D eigenvalue weighted by molar-refractivity contribution is 7.89. The van der Waals surface area contributed by atoms with Crippen molar-refractivity contribution in [1.29, 1.82) is 0 Å². The van der Waals surface area contributed by atoms with Crippen molar-refractivity contribution in [1.82, 2.24) is 19.7 Å². The highest BCUT2D eigenvalue weighted by atomic mass is 32.2. The minimum absolute atomic E-state index is 0. The number of nitrogens with one attached hydrogen (secondary N) is 3. The van der Waals surface area contributed by atoms with Gasteiger partial charge in [-0.25, -0.2) is 40.8 Å². The number of hydrogen-bond donors (Lipinski definition) is 4. The van der Waals surface area contributed by atoms with E-state index in [2.05, 4.69) is 14.8 Å². The number of cyclic esters (lactones) is 2. The topological polar surface area (TPSA) is 215 Å². The van der Waals surface area contributed by atoms with Crippen molar-refractivity contribution in [2.75, 3.05) is 13.2 Å². The van der Waals surface area contributed by atoms with Crippen LogP contribution in [0.3, 0.4) is 0 Å². The predicted molar refractivity (Wildman–Crippen MR) is 240 cm³/mol. The lowest BCUT2D eigenvalue weighted by molar-refractivity contribution is -0.143. The maximum Gasteiger partial charge on any atom is 0.417 e. The van der Waals surface area contributed by atoms with Crippen molar-refractivity contribution in [2.45, 2.75) is 105 Å². The molecule has 380 valence electrons. The number of rotatable bonds is 10. The van der Waals surface area contributed by atoms with E-state index in [0.29, 0.717) is 58.0 Å². The zero-order valence-corrected chi connectivity index (χ0v) is 38.1. The standard InChI is InChI=1S/C23H23F3N2O5S.C14H16F3NO4S.C9H9NO2.CH4/c24-23(25,26)17-8-12-19(13-9-17)34(31,32)27-18-10-6-16(7-11-18)21(29)28-20(14-33-22(28)30)15-4-2-1-3-5-15;15-14(16,17)10-3-7-12(8-4-10)23(21,22)18-11-5-1-9(2-6-11)13(19)20;11-9-10-8(6-12-9)7-4-2-1-3-5-7;/h1-5,8-9,12-13,16,18,20,27H,6-7,10-11,14H2;3-4,7-9,11,18H,1-2,5-6H2,(H,19,20);1-5,8H,6H2,(H,10,11);1H4/t16?,18?,20-;;8-;/m1.1./s1. The molecule has 0 unspecified atom stereocenters. The van der Waals surface area contributed by atoms with Crippen LogP contribution < -0.4 is 14.8 Å². The van der Waals surface area contributed by atoms with E-state index in [9.17, 15) is 62.4 Å². The number of carbonyl (C=O) groups is 4. The molecule has 4 aromatic carbocycles. The molecule has 0 aromatic heterocycles. The fourth-order valence-electron chi connectivity index (χ4n) is 8.17. The van der Waals surface area contributed by atoms with E-state index in [0.717, 1.165) is 64.6 Å². The number of carbonyl (C=O) groups excluding carboxylic acids is 3. The monoisotopic (exact) mass is 1030 g/mol. The highest BCUT2D eigenvalue weighted by Gasteiger charge is 2.43. The van der Waals surface area contributed by atoms with E-state index < -0.39 is 85.5 Å². The third kappa shape index (κ3) is 14.5. The lowest BCUT2D eigenvalue weighted by Crippen LogP contribution is -2.43. The third-order valence-corrected chi connectivity index (χ3v) is 15.0. The number of hydrogen-bond acceptors (Lipinski definition) is 10. The van der Waals surface area contributed by atoms with Crippen LogP contribution in [0.5, 0.6) is 0 Å². The van der Waals surface area contributed by atoms with Gasteiger partial charge >= 0.3 is 30.5 Å². The summed E-state index contributed by atoms with van der Waals surface area (Å²) in [4.78, 5) is 47.6. The van der Waals surface area contributed by atoms with Gasteiger partial charge < -0.3 is 19.9 Å². The molecular formula is C47H52F6N4O11S2. The summed E-state index contributed by atoms with van der Waals surface area (Å²) in [5.74, 6) is -2.17. The maximum atomic E-state index is 13.1. The molecule has 2 saturated heterocycles. The summed E-state index contributed by atoms with van der Waals surface area (Å²) >= 11 is 0. The van der Waals surface area contributed by atoms with Gasteiger partial charge in [-0.15, -0.1) is 0 Å². The van der Waals surface area contributed by atoms with Crippen LogP contribution in [0, 0.1) is 11.8 Å². The Hall–Kier alpha value is -6.04. The minimum Gasteiger partial charge on any atom is -0.481 e. The summed E-state index contributed by atoms with van der Waals surface area (Å²) < 4.78 is 140. The smallest absolute Gasteiger partial charge is 0.417 e. The molecule has 4 N–H and O–H groups in total. The molecule has 70 heavy (non-hydrogen) atoms. The molecule has 4 fully saturated rings. The third-order valence-electron chi connectivity index (χ3n) is 12.0. The molecule has 2 saturated carbocycles. The van der Waals surface area contributed by atoms with Crippen LogP contribution in [0.2, 0.25) is 0 Å². The molecule has 4 aliphatic rings. The average molecular weight is 1030 g/mol. The summed E-state index contributed by atoms with van der Waals surface area (Å²) in [6.07, 6.45) is -7.14. The minimum atomic E-state index is -4.55.